The number of phenols is 1. The number of rotatable bonds is 2. The van der Waals surface area contributed by atoms with Crippen LogP contribution in [0.1, 0.15) is 10.4 Å². The van der Waals surface area contributed by atoms with Gasteiger partial charge in [0.1, 0.15) is 11.5 Å². The fourth-order valence-electron chi connectivity index (χ4n) is 1.19. The van der Waals surface area contributed by atoms with E-state index in [1.807, 2.05) is 12.1 Å². The van der Waals surface area contributed by atoms with Crippen LogP contribution in [-0.4, -0.2) is 18.5 Å². The lowest BCUT2D eigenvalue weighted by Crippen LogP contribution is -1.88. The molecule has 0 amide bonds. The average molecular weight is 230 g/mol. The number of methoxy groups -OCH3 is 1. The number of phenolic OH excluding ortho intramolecular Hbond substituents is 1. The minimum absolute atomic E-state index is 0.322. The molecule has 0 fully saturated rings. The largest absolute Gasteiger partial charge is 0.508 e. The molecule has 0 saturated carbocycles. The molecular weight excluding hydrogens is 216 g/mol. The predicted molar refractivity (Wildman–Crippen MR) is 66.5 cm³/mol. The Balaban J connectivity index is 0.000000181. The Morgan fingerprint density at radius 3 is 2.00 bits per heavy atom. The van der Waals surface area contributed by atoms with Crippen LogP contribution < -0.4 is 4.74 Å². The first kappa shape index (κ1) is 12.8. The van der Waals surface area contributed by atoms with E-state index in [0.717, 1.165) is 6.29 Å². The Morgan fingerprint density at radius 2 is 1.59 bits per heavy atom. The van der Waals surface area contributed by atoms with E-state index in [0.29, 0.717) is 17.1 Å². The van der Waals surface area contributed by atoms with Crippen molar-refractivity contribution < 1.29 is 14.6 Å². The predicted octanol–water partition coefficient (Wildman–Crippen LogP) is 2.90. The Hall–Kier alpha value is -2.29. The molecule has 2 aromatic carbocycles. The molecule has 0 bridgehead atoms. The number of para-hydroxylation sites is 2. The molecule has 2 aromatic rings. The van der Waals surface area contributed by atoms with Crippen LogP contribution in [0.2, 0.25) is 0 Å². The summed E-state index contributed by atoms with van der Waals surface area (Å²) in [5.41, 5.74) is 0.588. The van der Waals surface area contributed by atoms with Crippen molar-refractivity contribution in [1.82, 2.24) is 0 Å². The Bertz CT molecular complexity index is 452. The van der Waals surface area contributed by atoms with Gasteiger partial charge in [0.15, 0.2) is 6.29 Å². The molecule has 0 aliphatic heterocycles. The number of benzene rings is 2. The van der Waals surface area contributed by atoms with Gasteiger partial charge < -0.3 is 9.84 Å². The normalized spacial score (nSPS) is 8.76. The molecule has 0 atom stereocenters. The van der Waals surface area contributed by atoms with Crippen LogP contribution in [-0.2, 0) is 0 Å². The summed E-state index contributed by atoms with van der Waals surface area (Å²) in [4.78, 5) is 10.3. The van der Waals surface area contributed by atoms with Gasteiger partial charge in [-0.1, -0.05) is 30.3 Å². The van der Waals surface area contributed by atoms with Crippen molar-refractivity contribution in [2.75, 3.05) is 7.11 Å². The van der Waals surface area contributed by atoms with Crippen LogP contribution >= 0.6 is 0 Å². The first-order valence-corrected chi connectivity index (χ1v) is 5.10. The standard InChI is InChI=1S/C8H8O2.C6H6O/c1-10-8-5-3-2-4-7(8)6-9;7-6-4-2-1-3-5-6/h2-6H,1H3;1-5,7H. The molecule has 0 aliphatic carbocycles. The van der Waals surface area contributed by atoms with Crippen molar-refractivity contribution in [2.24, 2.45) is 0 Å². The van der Waals surface area contributed by atoms with Crippen molar-refractivity contribution in [1.29, 1.82) is 0 Å². The molecule has 3 nitrogen and oxygen atoms in total. The second kappa shape index (κ2) is 7.06. The van der Waals surface area contributed by atoms with Crippen LogP contribution in [0, 0.1) is 0 Å². The summed E-state index contributed by atoms with van der Waals surface area (Å²) >= 11 is 0. The lowest BCUT2D eigenvalue weighted by Gasteiger charge is -1.99. The number of aldehydes is 1. The van der Waals surface area contributed by atoms with Gasteiger partial charge in [-0.05, 0) is 24.3 Å². The van der Waals surface area contributed by atoms with Crippen LogP contribution in [0.5, 0.6) is 11.5 Å². The van der Waals surface area contributed by atoms with Gasteiger partial charge in [0.05, 0.1) is 12.7 Å². The zero-order valence-electron chi connectivity index (χ0n) is 9.54. The van der Waals surface area contributed by atoms with E-state index in [1.165, 1.54) is 0 Å². The highest BCUT2D eigenvalue weighted by atomic mass is 16.5. The summed E-state index contributed by atoms with van der Waals surface area (Å²) in [6, 6.07) is 15.8. The molecule has 3 heteroatoms. The van der Waals surface area contributed by atoms with E-state index in [2.05, 4.69) is 0 Å². The summed E-state index contributed by atoms with van der Waals surface area (Å²) in [6.07, 6.45) is 0.777. The summed E-state index contributed by atoms with van der Waals surface area (Å²) in [5.74, 6) is 0.944. The molecule has 0 unspecified atom stereocenters. The SMILES string of the molecule is COc1ccccc1C=O.Oc1ccccc1. The minimum atomic E-state index is 0.322. The lowest BCUT2D eigenvalue weighted by atomic mass is 10.2. The second-order valence-electron chi connectivity index (χ2n) is 3.20. The van der Waals surface area contributed by atoms with Gasteiger partial charge in [0.25, 0.3) is 0 Å². The minimum Gasteiger partial charge on any atom is -0.508 e. The maximum absolute atomic E-state index is 10.3. The molecule has 0 saturated heterocycles. The second-order valence-corrected chi connectivity index (χ2v) is 3.20. The van der Waals surface area contributed by atoms with Crippen molar-refractivity contribution in [2.45, 2.75) is 0 Å². The van der Waals surface area contributed by atoms with Gasteiger partial charge in [-0.3, -0.25) is 4.79 Å². The number of aromatic hydroxyl groups is 1. The topological polar surface area (TPSA) is 46.5 Å². The highest BCUT2D eigenvalue weighted by Gasteiger charge is 1.96. The van der Waals surface area contributed by atoms with E-state index in [1.54, 1.807) is 49.6 Å². The number of carbonyl (C=O) groups is 1. The summed E-state index contributed by atoms with van der Waals surface area (Å²) in [6.45, 7) is 0. The van der Waals surface area contributed by atoms with Gasteiger partial charge >= 0.3 is 0 Å². The third-order valence-corrected chi connectivity index (χ3v) is 2.02. The smallest absolute Gasteiger partial charge is 0.153 e. The van der Waals surface area contributed by atoms with E-state index in [9.17, 15) is 4.79 Å². The quantitative estimate of drug-likeness (QED) is 0.807. The molecule has 1 N–H and O–H groups in total. The van der Waals surface area contributed by atoms with E-state index >= 15 is 0 Å². The van der Waals surface area contributed by atoms with Crippen molar-refractivity contribution in [3.63, 3.8) is 0 Å². The van der Waals surface area contributed by atoms with Crippen LogP contribution in [0.15, 0.2) is 54.6 Å². The maximum atomic E-state index is 10.3. The zero-order valence-corrected chi connectivity index (χ0v) is 9.54. The summed E-state index contributed by atoms with van der Waals surface area (Å²) < 4.78 is 4.90. The first-order valence-electron chi connectivity index (χ1n) is 5.10. The van der Waals surface area contributed by atoms with E-state index < -0.39 is 0 Å². The summed E-state index contributed by atoms with van der Waals surface area (Å²) in [5, 5.41) is 8.63. The maximum Gasteiger partial charge on any atom is 0.153 e. The Labute approximate surface area is 100 Å². The number of hydrogen-bond acceptors (Lipinski definition) is 3. The molecule has 0 aliphatic rings. The number of ether oxygens (including phenoxy) is 1. The highest BCUT2D eigenvalue weighted by molar-refractivity contribution is 5.79. The highest BCUT2D eigenvalue weighted by Crippen LogP contribution is 2.13. The van der Waals surface area contributed by atoms with Crippen LogP contribution in [0.3, 0.4) is 0 Å². The molecule has 0 spiro atoms. The summed E-state index contributed by atoms with van der Waals surface area (Å²) in [7, 11) is 1.54. The Morgan fingerprint density at radius 1 is 1.00 bits per heavy atom. The third kappa shape index (κ3) is 4.38. The Kier molecular flexibility index (Phi) is 5.31. The van der Waals surface area contributed by atoms with Crippen molar-refractivity contribution in [3.05, 3.63) is 60.2 Å². The van der Waals surface area contributed by atoms with Crippen molar-refractivity contribution in [3.8, 4) is 11.5 Å². The third-order valence-electron chi connectivity index (χ3n) is 2.02. The monoisotopic (exact) mass is 230 g/mol. The van der Waals surface area contributed by atoms with Gasteiger partial charge in [-0.15, -0.1) is 0 Å². The zero-order chi connectivity index (χ0) is 12.5. The average Bonchev–Trinajstić information content (AvgIpc) is 2.40. The van der Waals surface area contributed by atoms with E-state index in [-0.39, 0.29) is 0 Å². The van der Waals surface area contributed by atoms with Gasteiger partial charge in [-0.2, -0.15) is 0 Å². The number of carbonyl (C=O) groups excluding carboxylic acids is 1. The van der Waals surface area contributed by atoms with Crippen LogP contribution in [0.25, 0.3) is 0 Å². The molecule has 0 radical (unpaired) electrons. The number of hydrogen-bond donors (Lipinski definition) is 1. The molecule has 88 valence electrons. The molecule has 17 heavy (non-hydrogen) atoms. The lowest BCUT2D eigenvalue weighted by molar-refractivity contribution is 0.112. The molecule has 0 aromatic heterocycles. The first-order chi connectivity index (χ1) is 8.27. The molecule has 0 heterocycles. The van der Waals surface area contributed by atoms with Gasteiger partial charge in [0.2, 0.25) is 0 Å². The fourth-order valence-corrected chi connectivity index (χ4v) is 1.19. The van der Waals surface area contributed by atoms with Gasteiger partial charge in [-0.25, -0.2) is 0 Å². The van der Waals surface area contributed by atoms with E-state index in [4.69, 9.17) is 9.84 Å². The van der Waals surface area contributed by atoms with Gasteiger partial charge in [0, 0.05) is 0 Å². The van der Waals surface area contributed by atoms with Crippen LogP contribution in [0.4, 0.5) is 0 Å². The fraction of sp³-hybridized carbons (Fsp3) is 0.0714. The molecule has 2 rings (SSSR count). The van der Waals surface area contributed by atoms with Crippen molar-refractivity contribution >= 4 is 6.29 Å². The molecular formula is C14H14O3.